The highest BCUT2D eigenvalue weighted by atomic mass is 35.5. The molecule has 124 valence electrons. The van der Waals surface area contributed by atoms with Crippen LogP contribution in [0.1, 0.15) is 24.8 Å². The van der Waals surface area contributed by atoms with E-state index in [-0.39, 0.29) is 24.4 Å². The number of benzene rings is 1. The van der Waals surface area contributed by atoms with Gasteiger partial charge < -0.3 is 20.5 Å². The fraction of sp³-hybridized carbons (Fsp3) is 0.562. The molecule has 0 aliphatic carbocycles. The van der Waals surface area contributed by atoms with Crippen molar-refractivity contribution in [2.45, 2.75) is 31.8 Å². The number of nitrogens with one attached hydrogen (secondary N) is 1. The second-order valence-electron chi connectivity index (χ2n) is 5.27. The van der Waals surface area contributed by atoms with Crippen molar-refractivity contribution in [2.75, 3.05) is 32.1 Å². The van der Waals surface area contributed by atoms with Gasteiger partial charge in [0.25, 0.3) is 0 Å². The molecule has 3 N–H and O–H groups in total. The molecule has 1 heterocycles. The molecule has 0 unspecified atom stereocenters. The zero-order valence-corrected chi connectivity index (χ0v) is 13.6. The van der Waals surface area contributed by atoms with E-state index in [9.17, 15) is 4.79 Å². The molecule has 1 aromatic carbocycles. The maximum Gasteiger partial charge on any atom is 0.222 e. The van der Waals surface area contributed by atoms with Gasteiger partial charge in [-0.1, -0.05) is 12.1 Å². The first-order chi connectivity index (χ1) is 10.2. The molecule has 0 bridgehead atoms. The first-order valence-corrected chi connectivity index (χ1v) is 7.54. The zero-order valence-electron chi connectivity index (χ0n) is 12.8. The third-order valence-electron chi connectivity index (χ3n) is 3.57. The molecule has 1 aliphatic heterocycles. The quantitative estimate of drug-likeness (QED) is 0.750. The van der Waals surface area contributed by atoms with Gasteiger partial charge in [0.15, 0.2) is 0 Å². The van der Waals surface area contributed by atoms with Crippen LogP contribution in [0.3, 0.4) is 0 Å². The van der Waals surface area contributed by atoms with E-state index in [1.807, 2.05) is 24.3 Å². The number of nitrogen functional groups attached to an aromatic ring is 1. The Kier molecular flexibility index (Phi) is 8.89. The molecule has 0 saturated carbocycles. The van der Waals surface area contributed by atoms with E-state index in [0.717, 1.165) is 38.2 Å². The van der Waals surface area contributed by atoms with Crippen LogP contribution in [0.15, 0.2) is 24.3 Å². The van der Waals surface area contributed by atoms with Crippen molar-refractivity contribution in [1.82, 2.24) is 5.32 Å². The summed E-state index contributed by atoms with van der Waals surface area (Å²) in [5, 5.41) is 2.91. The molecule has 2 rings (SSSR count). The SMILES string of the molecule is Cl.Nc1ccc(CCNC(=O)CCOC2CCOCC2)cc1. The van der Waals surface area contributed by atoms with Gasteiger partial charge in [0.1, 0.15) is 0 Å². The average molecular weight is 329 g/mol. The van der Waals surface area contributed by atoms with Crippen molar-refractivity contribution >= 4 is 24.0 Å². The van der Waals surface area contributed by atoms with E-state index in [0.29, 0.717) is 19.6 Å². The first-order valence-electron chi connectivity index (χ1n) is 7.54. The lowest BCUT2D eigenvalue weighted by molar-refractivity contribution is -0.123. The van der Waals surface area contributed by atoms with E-state index in [1.165, 1.54) is 5.56 Å². The summed E-state index contributed by atoms with van der Waals surface area (Å²) in [5.41, 5.74) is 7.56. The largest absolute Gasteiger partial charge is 0.399 e. The van der Waals surface area contributed by atoms with Crippen molar-refractivity contribution in [3.05, 3.63) is 29.8 Å². The van der Waals surface area contributed by atoms with Crippen LogP contribution in [0.2, 0.25) is 0 Å². The van der Waals surface area contributed by atoms with Crippen LogP contribution in [0.25, 0.3) is 0 Å². The van der Waals surface area contributed by atoms with Gasteiger partial charge in [0, 0.05) is 31.9 Å². The third-order valence-corrected chi connectivity index (χ3v) is 3.57. The number of carbonyl (C=O) groups excluding carboxylic acids is 1. The summed E-state index contributed by atoms with van der Waals surface area (Å²) in [6.07, 6.45) is 3.34. The number of hydrogen-bond acceptors (Lipinski definition) is 4. The highest BCUT2D eigenvalue weighted by Gasteiger charge is 2.14. The normalized spacial score (nSPS) is 15.1. The minimum Gasteiger partial charge on any atom is -0.399 e. The number of nitrogens with two attached hydrogens (primary N) is 1. The molecular weight excluding hydrogens is 304 g/mol. The van der Waals surface area contributed by atoms with E-state index >= 15 is 0 Å². The molecule has 0 radical (unpaired) electrons. The fourth-order valence-corrected chi connectivity index (χ4v) is 2.28. The smallest absolute Gasteiger partial charge is 0.222 e. The number of amides is 1. The summed E-state index contributed by atoms with van der Waals surface area (Å²) >= 11 is 0. The molecule has 0 spiro atoms. The lowest BCUT2D eigenvalue weighted by Gasteiger charge is -2.22. The van der Waals surface area contributed by atoms with Crippen molar-refractivity contribution in [2.24, 2.45) is 0 Å². The van der Waals surface area contributed by atoms with Crippen LogP contribution in [0.4, 0.5) is 5.69 Å². The topological polar surface area (TPSA) is 73.6 Å². The van der Waals surface area contributed by atoms with Gasteiger partial charge in [0.2, 0.25) is 5.91 Å². The molecular formula is C16H25ClN2O3. The van der Waals surface area contributed by atoms with Crippen LogP contribution < -0.4 is 11.1 Å². The van der Waals surface area contributed by atoms with Crippen molar-refractivity contribution < 1.29 is 14.3 Å². The summed E-state index contributed by atoms with van der Waals surface area (Å²) in [5.74, 6) is 0.0394. The molecule has 0 aromatic heterocycles. The second kappa shape index (κ2) is 10.4. The summed E-state index contributed by atoms with van der Waals surface area (Å²) in [7, 11) is 0. The Balaban J connectivity index is 0.00000242. The second-order valence-corrected chi connectivity index (χ2v) is 5.27. The number of anilines is 1. The van der Waals surface area contributed by atoms with Crippen molar-refractivity contribution in [1.29, 1.82) is 0 Å². The van der Waals surface area contributed by atoms with E-state index in [2.05, 4.69) is 5.32 Å². The summed E-state index contributed by atoms with van der Waals surface area (Å²) in [6, 6.07) is 7.71. The Morgan fingerprint density at radius 2 is 1.95 bits per heavy atom. The van der Waals surface area contributed by atoms with Crippen molar-refractivity contribution in [3.8, 4) is 0 Å². The van der Waals surface area contributed by atoms with Crippen molar-refractivity contribution in [3.63, 3.8) is 0 Å². The van der Waals surface area contributed by atoms with Gasteiger partial charge in [-0.25, -0.2) is 0 Å². The summed E-state index contributed by atoms with van der Waals surface area (Å²) in [6.45, 7) is 2.65. The third kappa shape index (κ3) is 7.11. The minimum atomic E-state index is 0. The average Bonchev–Trinajstić information content (AvgIpc) is 2.50. The Morgan fingerprint density at radius 1 is 1.27 bits per heavy atom. The molecule has 1 aliphatic rings. The lowest BCUT2D eigenvalue weighted by atomic mass is 10.1. The van der Waals surface area contributed by atoms with E-state index < -0.39 is 0 Å². The number of hydrogen-bond donors (Lipinski definition) is 2. The Labute approximate surface area is 138 Å². The predicted octanol–water partition coefficient (Wildman–Crippen LogP) is 1.93. The lowest BCUT2D eigenvalue weighted by Crippen LogP contribution is -2.28. The van der Waals surface area contributed by atoms with Crippen LogP contribution in [-0.4, -0.2) is 38.4 Å². The minimum absolute atomic E-state index is 0. The Bertz CT molecular complexity index is 434. The summed E-state index contributed by atoms with van der Waals surface area (Å²) < 4.78 is 10.9. The molecule has 1 fully saturated rings. The first kappa shape index (κ1) is 18.7. The fourth-order valence-electron chi connectivity index (χ4n) is 2.28. The Morgan fingerprint density at radius 3 is 2.64 bits per heavy atom. The van der Waals surface area contributed by atoms with E-state index in [4.69, 9.17) is 15.2 Å². The monoisotopic (exact) mass is 328 g/mol. The molecule has 6 heteroatoms. The Hall–Kier alpha value is -1.30. The van der Waals surface area contributed by atoms with Crippen LogP contribution >= 0.6 is 12.4 Å². The van der Waals surface area contributed by atoms with E-state index in [1.54, 1.807) is 0 Å². The zero-order chi connectivity index (χ0) is 14.9. The number of carbonyl (C=O) groups is 1. The van der Waals surface area contributed by atoms with Crippen LogP contribution in [0, 0.1) is 0 Å². The van der Waals surface area contributed by atoms with Gasteiger partial charge in [-0.05, 0) is 37.0 Å². The van der Waals surface area contributed by atoms with Gasteiger partial charge in [-0.3, -0.25) is 4.79 Å². The maximum atomic E-state index is 11.7. The molecule has 1 saturated heterocycles. The van der Waals surface area contributed by atoms with Crippen LogP contribution in [-0.2, 0) is 20.7 Å². The maximum absolute atomic E-state index is 11.7. The highest BCUT2D eigenvalue weighted by Crippen LogP contribution is 2.10. The molecule has 1 amide bonds. The van der Waals surface area contributed by atoms with Gasteiger partial charge >= 0.3 is 0 Å². The van der Waals surface area contributed by atoms with Gasteiger partial charge in [0.05, 0.1) is 12.7 Å². The van der Waals surface area contributed by atoms with Crippen LogP contribution in [0.5, 0.6) is 0 Å². The molecule has 0 atom stereocenters. The molecule has 22 heavy (non-hydrogen) atoms. The predicted molar refractivity (Wildman–Crippen MR) is 89.2 cm³/mol. The summed E-state index contributed by atoms with van der Waals surface area (Å²) in [4.78, 5) is 11.7. The van der Waals surface area contributed by atoms with Gasteiger partial charge in [-0.2, -0.15) is 0 Å². The molecule has 5 nitrogen and oxygen atoms in total. The number of halogens is 1. The number of rotatable bonds is 7. The highest BCUT2D eigenvalue weighted by molar-refractivity contribution is 5.85. The number of ether oxygens (including phenoxy) is 2. The van der Waals surface area contributed by atoms with Gasteiger partial charge in [-0.15, -0.1) is 12.4 Å². The standard InChI is InChI=1S/C16H24N2O3.ClH/c17-14-3-1-13(2-4-14)5-9-18-16(19)8-12-21-15-6-10-20-11-7-15;/h1-4,15H,5-12,17H2,(H,18,19);1H. The molecule has 1 aromatic rings.